The van der Waals surface area contributed by atoms with Gasteiger partial charge in [-0.1, -0.05) is 5.16 Å². The summed E-state index contributed by atoms with van der Waals surface area (Å²) in [5, 5.41) is 13.6. The Morgan fingerprint density at radius 1 is 1.85 bits per heavy atom. The summed E-state index contributed by atoms with van der Waals surface area (Å²) in [6.45, 7) is -0.414. The van der Waals surface area contributed by atoms with Gasteiger partial charge in [0.2, 0.25) is 6.61 Å². The van der Waals surface area contributed by atoms with E-state index in [4.69, 9.17) is 5.11 Å². The largest absolute Gasteiger partial charge is 0.479 e. The van der Waals surface area contributed by atoms with Crippen molar-refractivity contribution in [2.75, 3.05) is 6.61 Å². The summed E-state index contributed by atoms with van der Waals surface area (Å²) in [4.78, 5) is 15.4. The molecular weight excluding hydrogens is 258 g/mol. The van der Waals surface area contributed by atoms with Crippen molar-refractivity contribution in [2.45, 2.75) is 0 Å². The monoisotopic (exact) mass is 263 g/mol. The predicted octanol–water partition coefficient (Wildman–Crippen LogP) is 1.95. The molecule has 0 amide bonds. The average molecular weight is 264 g/mol. The Hall–Kier alpha value is -0.880. The fourth-order valence-electron chi connectivity index (χ4n) is 0.578. The molecule has 0 aromatic carbocycles. The van der Waals surface area contributed by atoms with Gasteiger partial charge in [-0.25, -0.2) is 4.79 Å². The van der Waals surface area contributed by atoms with Gasteiger partial charge in [-0.2, -0.15) is 0 Å². The number of aliphatic carboxylic acids is 1. The summed E-state index contributed by atoms with van der Waals surface area (Å²) in [5.74, 6) is -1.04. The third kappa shape index (κ3) is 4.05. The van der Waals surface area contributed by atoms with E-state index in [9.17, 15) is 4.79 Å². The molecule has 6 heteroatoms. The molecule has 1 N–H and O–H groups in total. The zero-order valence-corrected chi connectivity index (χ0v) is 8.84. The van der Waals surface area contributed by atoms with Crippen molar-refractivity contribution in [1.29, 1.82) is 0 Å². The third-order valence-corrected chi connectivity index (χ3v) is 2.66. The van der Waals surface area contributed by atoms with Crippen LogP contribution in [-0.4, -0.2) is 23.9 Å². The fourth-order valence-corrected chi connectivity index (χ4v) is 1.87. The minimum Gasteiger partial charge on any atom is -0.479 e. The first-order chi connectivity index (χ1) is 6.18. The number of carboxylic acids is 1. The maximum atomic E-state index is 10.0. The second-order valence-electron chi connectivity index (χ2n) is 2.07. The Morgan fingerprint density at radius 2 is 2.62 bits per heavy atom. The highest BCUT2D eigenvalue weighted by Gasteiger charge is 1.95. The van der Waals surface area contributed by atoms with Crippen LogP contribution < -0.4 is 0 Å². The van der Waals surface area contributed by atoms with Gasteiger partial charge in [-0.15, -0.1) is 11.3 Å². The Labute approximate surface area is 87.0 Å². The van der Waals surface area contributed by atoms with Crippen LogP contribution in [0.2, 0.25) is 0 Å². The smallest absolute Gasteiger partial charge is 0.344 e. The summed E-state index contributed by atoms with van der Waals surface area (Å²) < 4.78 is 0.970. The van der Waals surface area contributed by atoms with Crippen molar-refractivity contribution in [3.8, 4) is 0 Å². The van der Waals surface area contributed by atoms with Gasteiger partial charge in [0.1, 0.15) is 0 Å². The maximum Gasteiger partial charge on any atom is 0.344 e. The Bertz CT molecular complexity index is 323. The average Bonchev–Trinajstić information content (AvgIpc) is 2.45. The SMILES string of the molecule is O=C(O)CON=Cc1cc(Br)cs1. The van der Waals surface area contributed by atoms with Crippen LogP contribution in [0.4, 0.5) is 0 Å². The van der Waals surface area contributed by atoms with Gasteiger partial charge in [0, 0.05) is 14.7 Å². The molecule has 1 rings (SSSR count). The van der Waals surface area contributed by atoms with E-state index in [0.29, 0.717) is 0 Å². The van der Waals surface area contributed by atoms with Crippen LogP contribution in [0.5, 0.6) is 0 Å². The van der Waals surface area contributed by atoms with Gasteiger partial charge in [0.15, 0.2) is 0 Å². The van der Waals surface area contributed by atoms with Crippen molar-refractivity contribution in [3.05, 3.63) is 20.8 Å². The molecule has 70 valence electrons. The number of oxime groups is 1. The van der Waals surface area contributed by atoms with Crippen molar-refractivity contribution in [1.82, 2.24) is 0 Å². The van der Waals surface area contributed by atoms with Crippen LogP contribution in [0.1, 0.15) is 4.88 Å². The molecule has 0 aliphatic carbocycles. The first kappa shape index (κ1) is 10.2. The first-order valence-corrected chi connectivity index (χ1v) is 4.97. The predicted molar refractivity (Wildman–Crippen MR) is 53.2 cm³/mol. The molecule has 0 bridgehead atoms. The quantitative estimate of drug-likeness (QED) is 0.667. The molecule has 1 aromatic rings. The zero-order valence-electron chi connectivity index (χ0n) is 6.44. The van der Waals surface area contributed by atoms with Gasteiger partial charge in [-0.05, 0) is 22.0 Å². The topological polar surface area (TPSA) is 58.9 Å². The molecule has 0 atom stereocenters. The summed E-state index contributed by atoms with van der Waals surface area (Å²) in [6.07, 6.45) is 1.47. The lowest BCUT2D eigenvalue weighted by Gasteiger charge is -1.90. The third-order valence-electron chi connectivity index (χ3n) is 1.03. The van der Waals surface area contributed by atoms with E-state index in [1.54, 1.807) is 0 Å². The minimum absolute atomic E-state index is 0.414. The van der Waals surface area contributed by atoms with Gasteiger partial charge >= 0.3 is 5.97 Å². The van der Waals surface area contributed by atoms with E-state index in [-0.39, 0.29) is 0 Å². The van der Waals surface area contributed by atoms with E-state index in [2.05, 4.69) is 25.9 Å². The molecule has 0 radical (unpaired) electrons. The number of nitrogens with zero attached hydrogens (tertiary/aromatic N) is 1. The van der Waals surface area contributed by atoms with Crippen LogP contribution >= 0.6 is 27.3 Å². The van der Waals surface area contributed by atoms with Crippen LogP contribution in [0.15, 0.2) is 21.1 Å². The van der Waals surface area contributed by atoms with Crippen LogP contribution in [0, 0.1) is 0 Å². The summed E-state index contributed by atoms with van der Waals surface area (Å²) in [7, 11) is 0. The lowest BCUT2D eigenvalue weighted by Crippen LogP contribution is -2.03. The molecule has 0 fully saturated rings. The number of hydrogen-bond donors (Lipinski definition) is 1. The summed E-state index contributed by atoms with van der Waals surface area (Å²) >= 11 is 4.76. The number of thiophene rings is 1. The second-order valence-corrected chi connectivity index (χ2v) is 3.93. The number of hydrogen-bond acceptors (Lipinski definition) is 4. The van der Waals surface area contributed by atoms with Crippen molar-refractivity contribution in [2.24, 2.45) is 5.16 Å². The van der Waals surface area contributed by atoms with Gasteiger partial charge in [0.25, 0.3) is 0 Å². The van der Waals surface area contributed by atoms with Gasteiger partial charge < -0.3 is 9.94 Å². The molecule has 0 unspecified atom stereocenters. The lowest BCUT2D eigenvalue weighted by molar-refractivity contribution is -0.142. The molecule has 0 spiro atoms. The minimum atomic E-state index is -1.04. The molecule has 0 aliphatic heterocycles. The highest BCUT2D eigenvalue weighted by molar-refractivity contribution is 9.10. The number of carboxylic acid groups (broad SMARTS) is 1. The van der Waals surface area contributed by atoms with E-state index in [0.717, 1.165) is 9.35 Å². The highest BCUT2D eigenvalue weighted by Crippen LogP contribution is 2.17. The molecule has 4 nitrogen and oxygen atoms in total. The molecular formula is C7H6BrNO3S. The molecule has 0 aliphatic rings. The maximum absolute atomic E-state index is 10.0. The van der Waals surface area contributed by atoms with E-state index < -0.39 is 12.6 Å². The lowest BCUT2D eigenvalue weighted by atomic mass is 10.5. The number of halogens is 1. The van der Waals surface area contributed by atoms with Gasteiger partial charge in [-0.3, -0.25) is 0 Å². The Balaban J connectivity index is 2.36. The molecule has 0 saturated carbocycles. The van der Waals surface area contributed by atoms with E-state index >= 15 is 0 Å². The van der Waals surface area contributed by atoms with Gasteiger partial charge in [0.05, 0.1) is 6.21 Å². The summed E-state index contributed by atoms with van der Waals surface area (Å²) in [6, 6.07) is 1.86. The molecule has 1 heterocycles. The Kier molecular flexibility index (Phi) is 3.91. The summed E-state index contributed by atoms with van der Waals surface area (Å²) in [5.41, 5.74) is 0. The second kappa shape index (κ2) is 4.98. The number of rotatable bonds is 4. The van der Waals surface area contributed by atoms with Crippen LogP contribution in [0.3, 0.4) is 0 Å². The van der Waals surface area contributed by atoms with Crippen molar-refractivity contribution >= 4 is 39.5 Å². The standard InChI is InChI=1S/C7H6BrNO3S/c8-5-1-6(13-4-5)2-9-12-3-7(10)11/h1-2,4H,3H2,(H,10,11). The normalized spacial score (nSPS) is 10.5. The molecule has 1 aromatic heterocycles. The van der Waals surface area contributed by atoms with E-state index in [1.807, 2.05) is 11.4 Å². The number of carbonyl (C=O) groups is 1. The van der Waals surface area contributed by atoms with Crippen molar-refractivity contribution < 1.29 is 14.7 Å². The Morgan fingerprint density at radius 3 is 3.15 bits per heavy atom. The molecule has 0 saturated heterocycles. The fraction of sp³-hybridized carbons (Fsp3) is 0.143. The van der Waals surface area contributed by atoms with Crippen molar-refractivity contribution in [3.63, 3.8) is 0 Å². The van der Waals surface area contributed by atoms with Crippen LogP contribution in [-0.2, 0) is 9.63 Å². The first-order valence-electron chi connectivity index (χ1n) is 3.29. The van der Waals surface area contributed by atoms with E-state index in [1.165, 1.54) is 17.6 Å². The van der Waals surface area contributed by atoms with Crippen LogP contribution in [0.25, 0.3) is 0 Å². The highest BCUT2D eigenvalue weighted by atomic mass is 79.9. The molecule has 13 heavy (non-hydrogen) atoms. The zero-order chi connectivity index (χ0) is 9.68.